The number of hydrogen-bond donors (Lipinski definition) is 2. The number of benzene rings is 3. The Balaban J connectivity index is 1.67. The van der Waals surface area contributed by atoms with E-state index in [0.717, 1.165) is 22.4 Å². The van der Waals surface area contributed by atoms with Crippen molar-refractivity contribution in [3.05, 3.63) is 94.3 Å². The lowest BCUT2D eigenvalue weighted by atomic mass is 10.1. The summed E-state index contributed by atoms with van der Waals surface area (Å²) in [5, 5.41) is 3.41. The lowest BCUT2D eigenvalue weighted by molar-refractivity contribution is -0.114. The van der Waals surface area contributed by atoms with Gasteiger partial charge >= 0.3 is 0 Å². The minimum absolute atomic E-state index is 0.0759. The van der Waals surface area contributed by atoms with Crippen LogP contribution in [-0.2, 0) is 4.79 Å². The number of para-hydroxylation sites is 2. The average molecular weight is 398 g/mol. The van der Waals surface area contributed by atoms with Gasteiger partial charge in [-0.05, 0) is 37.1 Å². The van der Waals surface area contributed by atoms with E-state index in [4.69, 9.17) is 0 Å². The summed E-state index contributed by atoms with van der Waals surface area (Å²) in [5.74, 6) is 0.214. The number of hydrogen-bond acceptors (Lipinski definition) is 4. The Labute approximate surface area is 174 Å². The summed E-state index contributed by atoms with van der Waals surface area (Å²) in [6, 6.07) is 22.5. The topological polar surface area (TPSA) is 76.0 Å². The molecular weight excluding hydrogens is 376 g/mol. The van der Waals surface area contributed by atoms with Gasteiger partial charge in [0.2, 0.25) is 5.91 Å². The monoisotopic (exact) mass is 398 g/mol. The zero-order chi connectivity index (χ0) is 21.1. The number of anilines is 1. The maximum Gasteiger partial charge on any atom is 0.280 e. The predicted molar refractivity (Wildman–Crippen MR) is 120 cm³/mol. The lowest BCUT2D eigenvalue weighted by Gasteiger charge is -2.16. The first kappa shape index (κ1) is 19.4. The van der Waals surface area contributed by atoms with Crippen molar-refractivity contribution in [3.8, 4) is 11.4 Å². The summed E-state index contributed by atoms with van der Waals surface area (Å²) >= 11 is 0. The highest BCUT2D eigenvalue weighted by molar-refractivity contribution is 5.94. The average Bonchev–Trinajstić information content (AvgIpc) is 2.76. The predicted octanol–water partition coefficient (Wildman–Crippen LogP) is 3.86. The molecule has 0 bridgehead atoms. The number of nitrogens with one attached hydrogen (secondary N) is 2. The van der Waals surface area contributed by atoms with Crippen LogP contribution in [0.3, 0.4) is 0 Å². The zero-order valence-electron chi connectivity index (χ0n) is 16.8. The summed E-state index contributed by atoms with van der Waals surface area (Å²) in [6.07, 6.45) is 0. The van der Waals surface area contributed by atoms with E-state index in [0.29, 0.717) is 16.7 Å². The number of fused-ring (bicyclic) bond motifs is 1. The van der Waals surface area contributed by atoms with Crippen LogP contribution < -0.4 is 16.3 Å². The van der Waals surface area contributed by atoms with Crippen molar-refractivity contribution in [3.63, 3.8) is 0 Å². The third kappa shape index (κ3) is 3.80. The maximum atomic E-state index is 13.1. The third-order valence-corrected chi connectivity index (χ3v) is 4.95. The van der Waals surface area contributed by atoms with Gasteiger partial charge in [-0.2, -0.15) is 0 Å². The molecule has 0 saturated heterocycles. The second-order valence-corrected chi connectivity index (χ2v) is 7.11. The van der Waals surface area contributed by atoms with Crippen LogP contribution in [0.1, 0.15) is 11.1 Å². The third-order valence-electron chi connectivity index (χ3n) is 4.95. The molecule has 0 radical (unpaired) electrons. The van der Waals surface area contributed by atoms with Crippen molar-refractivity contribution in [2.24, 2.45) is 0 Å². The summed E-state index contributed by atoms with van der Waals surface area (Å²) in [6.45, 7) is 3.82. The molecule has 150 valence electrons. The van der Waals surface area contributed by atoms with Crippen molar-refractivity contribution in [2.45, 2.75) is 13.8 Å². The molecule has 1 amide bonds. The van der Waals surface area contributed by atoms with Crippen LogP contribution in [0.4, 0.5) is 5.69 Å². The highest BCUT2D eigenvalue weighted by atomic mass is 16.2. The molecule has 2 N–H and O–H groups in total. The number of rotatable bonds is 5. The smallest absolute Gasteiger partial charge is 0.280 e. The van der Waals surface area contributed by atoms with Gasteiger partial charge in [0.05, 0.1) is 10.9 Å². The molecule has 1 aromatic heterocycles. The molecule has 4 aromatic rings. The SMILES string of the molecule is Cc1cccc(C)c1NC(=O)CNn1c(-c2ccccc2)nc2ccccc2c1=O. The first-order valence-corrected chi connectivity index (χ1v) is 9.72. The second-order valence-electron chi connectivity index (χ2n) is 7.11. The van der Waals surface area contributed by atoms with Gasteiger partial charge in [0.1, 0.15) is 6.54 Å². The van der Waals surface area contributed by atoms with Gasteiger partial charge in [-0.25, -0.2) is 9.66 Å². The Bertz CT molecular complexity index is 1260. The van der Waals surface area contributed by atoms with E-state index in [1.807, 2.05) is 68.4 Å². The Morgan fingerprint density at radius 3 is 2.30 bits per heavy atom. The van der Waals surface area contributed by atoms with Crippen LogP contribution >= 0.6 is 0 Å². The molecule has 0 unspecified atom stereocenters. The van der Waals surface area contributed by atoms with Crippen molar-refractivity contribution in [1.29, 1.82) is 0 Å². The molecule has 1 heterocycles. The number of aryl methyl sites for hydroxylation is 2. The Morgan fingerprint density at radius 1 is 0.900 bits per heavy atom. The molecule has 0 fully saturated rings. The van der Waals surface area contributed by atoms with E-state index in [9.17, 15) is 9.59 Å². The van der Waals surface area contributed by atoms with Crippen LogP contribution in [0.25, 0.3) is 22.3 Å². The minimum Gasteiger partial charge on any atom is -0.324 e. The fourth-order valence-corrected chi connectivity index (χ4v) is 3.41. The second kappa shape index (κ2) is 8.21. The lowest BCUT2D eigenvalue weighted by Crippen LogP contribution is -2.36. The Kier molecular flexibility index (Phi) is 5.30. The standard InChI is InChI=1S/C24H22N4O2/c1-16-9-8-10-17(2)22(16)27-21(29)15-25-28-23(18-11-4-3-5-12-18)26-20-14-7-6-13-19(20)24(28)30/h3-14,25H,15H2,1-2H3,(H,27,29). The molecule has 0 aliphatic rings. The summed E-state index contributed by atoms with van der Waals surface area (Å²) in [5.41, 5.74) is 6.86. The minimum atomic E-state index is -0.251. The van der Waals surface area contributed by atoms with Gasteiger partial charge in [-0.15, -0.1) is 0 Å². The first-order chi connectivity index (χ1) is 14.5. The molecule has 0 aliphatic carbocycles. The molecule has 0 atom stereocenters. The number of carbonyl (C=O) groups excluding carboxylic acids is 1. The van der Waals surface area contributed by atoms with Crippen LogP contribution in [0, 0.1) is 13.8 Å². The summed E-state index contributed by atoms with van der Waals surface area (Å²) < 4.78 is 1.35. The van der Waals surface area contributed by atoms with E-state index in [-0.39, 0.29) is 18.0 Å². The molecule has 6 heteroatoms. The van der Waals surface area contributed by atoms with Crippen LogP contribution in [-0.4, -0.2) is 22.1 Å². The van der Waals surface area contributed by atoms with Gasteiger partial charge < -0.3 is 10.7 Å². The largest absolute Gasteiger partial charge is 0.324 e. The van der Waals surface area contributed by atoms with Gasteiger partial charge in [-0.3, -0.25) is 9.59 Å². The van der Waals surface area contributed by atoms with Crippen molar-refractivity contribution < 1.29 is 4.79 Å². The van der Waals surface area contributed by atoms with Gasteiger partial charge in [0.15, 0.2) is 5.82 Å². The Hall–Kier alpha value is -3.93. The first-order valence-electron chi connectivity index (χ1n) is 9.72. The number of nitrogens with zero attached hydrogens (tertiary/aromatic N) is 2. The molecule has 4 rings (SSSR count). The molecule has 0 spiro atoms. The quantitative estimate of drug-likeness (QED) is 0.535. The fraction of sp³-hybridized carbons (Fsp3) is 0.125. The summed E-state index contributed by atoms with van der Waals surface area (Å²) in [4.78, 5) is 30.4. The molecule has 30 heavy (non-hydrogen) atoms. The van der Waals surface area contributed by atoms with Crippen molar-refractivity contribution >= 4 is 22.5 Å². The van der Waals surface area contributed by atoms with Crippen molar-refractivity contribution in [1.82, 2.24) is 9.66 Å². The van der Waals surface area contributed by atoms with E-state index >= 15 is 0 Å². The number of aromatic nitrogens is 2. The van der Waals surface area contributed by atoms with E-state index in [1.165, 1.54) is 4.68 Å². The molecule has 6 nitrogen and oxygen atoms in total. The molecule has 3 aromatic carbocycles. The van der Waals surface area contributed by atoms with E-state index in [2.05, 4.69) is 15.7 Å². The number of amides is 1. The van der Waals surface area contributed by atoms with Gasteiger partial charge in [0, 0.05) is 11.3 Å². The van der Waals surface area contributed by atoms with E-state index in [1.54, 1.807) is 18.2 Å². The highest BCUT2D eigenvalue weighted by Crippen LogP contribution is 2.20. The highest BCUT2D eigenvalue weighted by Gasteiger charge is 2.14. The number of carbonyl (C=O) groups is 1. The fourth-order valence-electron chi connectivity index (χ4n) is 3.41. The zero-order valence-corrected chi connectivity index (χ0v) is 16.8. The maximum absolute atomic E-state index is 13.1. The van der Waals surface area contributed by atoms with Crippen LogP contribution in [0.15, 0.2) is 77.6 Å². The van der Waals surface area contributed by atoms with Crippen LogP contribution in [0.5, 0.6) is 0 Å². The molecular formula is C24H22N4O2. The van der Waals surface area contributed by atoms with Crippen molar-refractivity contribution in [2.75, 3.05) is 17.3 Å². The molecule has 0 saturated carbocycles. The summed E-state index contributed by atoms with van der Waals surface area (Å²) in [7, 11) is 0. The van der Waals surface area contributed by atoms with Gasteiger partial charge in [-0.1, -0.05) is 60.7 Å². The Morgan fingerprint density at radius 2 is 1.57 bits per heavy atom. The normalized spacial score (nSPS) is 10.7. The molecule has 0 aliphatic heterocycles. The van der Waals surface area contributed by atoms with Crippen LogP contribution in [0.2, 0.25) is 0 Å². The van der Waals surface area contributed by atoms with E-state index < -0.39 is 0 Å². The van der Waals surface area contributed by atoms with Gasteiger partial charge in [0.25, 0.3) is 5.56 Å².